The Morgan fingerprint density at radius 3 is 2.51 bits per heavy atom. The molecular weight excluding hydrogens is 485 g/mol. The summed E-state index contributed by atoms with van der Waals surface area (Å²) < 4.78 is 0. The van der Waals surface area contributed by atoms with E-state index < -0.39 is 0 Å². The second-order valence-electron chi connectivity index (χ2n) is 9.06. The van der Waals surface area contributed by atoms with Crippen molar-refractivity contribution >= 4 is 57.9 Å². The third kappa shape index (κ3) is 4.61. The second kappa shape index (κ2) is 9.53. The Balaban J connectivity index is 1.35. The highest BCUT2D eigenvalue weighted by molar-refractivity contribution is 6.40. The molecule has 2 aliphatic rings. The largest absolute Gasteiger partial charge is 0.366 e. The number of piperazine rings is 1. The van der Waals surface area contributed by atoms with Crippen molar-refractivity contribution in [3.63, 3.8) is 0 Å². The fraction of sp³-hybridized carbons (Fsp3) is 0.320. The van der Waals surface area contributed by atoms with E-state index in [0.717, 1.165) is 18.8 Å². The summed E-state index contributed by atoms with van der Waals surface area (Å²) in [5, 5.41) is 7.59. The molecule has 2 aromatic carbocycles. The molecule has 0 aliphatic carbocycles. The number of rotatable bonds is 4. The third-order valence-electron chi connectivity index (χ3n) is 6.39. The van der Waals surface area contributed by atoms with E-state index in [1.54, 1.807) is 29.3 Å². The van der Waals surface area contributed by atoms with Crippen LogP contribution in [0.4, 0.5) is 28.8 Å². The predicted molar refractivity (Wildman–Crippen MR) is 143 cm³/mol. The number of halogens is 2. The first kappa shape index (κ1) is 23.7. The lowest BCUT2D eigenvalue weighted by atomic mass is 10.1. The van der Waals surface area contributed by atoms with Gasteiger partial charge in [0.1, 0.15) is 11.4 Å². The van der Waals surface area contributed by atoms with Gasteiger partial charge in [-0.25, -0.2) is 4.98 Å². The number of aromatic nitrogens is 2. The number of carbonyl (C=O) groups is 1. The maximum Gasteiger partial charge on any atom is 0.265 e. The minimum Gasteiger partial charge on any atom is -0.366 e. The average molecular weight is 512 g/mol. The zero-order valence-electron chi connectivity index (χ0n) is 19.8. The number of nitrogens with one attached hydrogen (secondary N) is 2. The summed E-state index contributed by atoms with van der Waals surface area (Å²) in [5.41, 5.74) is 2.93. The summed E-state index contributed by atoms with van der Waals surface area (Å²) in [6, 6.07) is 14.3. The highest BCUT2D eigenvalue weighted by atomic mass is 35.5. The van der Waals surface area contributed by atoms with E-state index in [-0.39, 0.29) is 12.6 Å². The molecule has 182 valence electrons. The van der Waals surface area contributed by atoms with Gasteiger partial charge in [-0.3, -0.25) is 9.69 Å². The first-order valence-electron chi connectivity index (χ1n) is 11.5. The van der Waals surface area contributed by atoms with E-state index in [1.165, 1.54) is 5.69 Å². The van der Waals surface area contributed by atoms with Gasteiger partial charge in [-0.15, -0.1) is 0 Å². The first-order chi connectivity index (χ1) is 16.8. The van der Waals surface area contributed by atoms with Crippen molar-refractivity contribution < 1.29 is 4.79 Å². The smallest absolute Gasteiger partial charge is 0.265 e. The lowest BCUT2D eigenvalue weighted by molar-refractivity contribution is 0.0982. The van der Waals surface area contributed by atoms with Gasteiger partial charge in [0.05, 0.1) is 22.4 Å². The molecule has 0 unspecified atom stereocenters. The number of hydrogen-bond acceptors (Lipinski definition) is 7. The molecule has 0 saturated carbocycles. The van der Waals surface area contributed by atoms with Crippen LogP contribution in [-0.4, -0.2) is 54.8 Å². The molecule has 3 heterocycles. The second-order valence-corrected chi connectivity index (χ2v) is 9.87. The third-order valence-corrected chi connectivity index (χ3v) is 7.00. The monoisotopic (exact) mass is 511 g/mol. The van der Waals surface area contributed by atoms with Gasteiger partial charge in [-0.05, 0) is 50.2 Å². The van der Waals surface area contributed by atoms with Crippen molar-refractivity contribution in [1.29, 1.82) is 0 Å². The summed E-state index contributed by atoms with van der Waals surface area (Å²) in [4.78, 5) is 28.1. The molecule has 2 N–H and O–H groups in total. The number of hydrogen-bond donors (Lipinski definition) is 2. The molecule has 10 heteroatoms. The van der Waals surface area contributed by atoms with Crippen LogP contribution in [-0.2, 0) is 0 Å². The molecule has 35 heavy (non-hydrogen) atoms. The lowest BCUT2D eigenvalue weighted by Crippen LogP contribution is -2.54. The molecule has 2 atom stereocenters. The van der Waals surface area contributed by atoms with Gasteiger partial charge in [0.2, 0.25) is 5.95 Å². The molecule has 8 nitrogen and oxygen atoms in total. The fourth-order valence-electron chi connectivity index (χ4n) is 4.53. The number of carbonyl (C=O) groups excluding carboxylic acids is 1. The molecule has 0 spiro atoms. The van der Waals surface area contributed by atoms with Gasteiger partial charge in [0.15, 0.2) is 0 Å². The van der Waals surface area contributed by atoms with Crippen LogP contribution in [0.25, 0.3) is 0 Å². The summed E-state index contributed by atoms with van der Waals surface area (Å²) in [5.74, 6) is 0.722. The van der Waals surface area contributed by atoms with Crippen LogP contribution in [0, 0.1) is 0 Å². The fourth-order valence-corrected chi connectivity index (χ4v) is 5.13. The van der Waals surface area contributed by atoms with Crippen LogP contribution < -0.4 is 25.3 Å². The molecule has 1 amide bonds. The predicted octanol–water partition coefficient (Wildman–Crippen LogP) is 4.77. The Kier molecular flexibility index (Phi) is 6.44. The van der Waals surface area contributed by atoms with Crippen LogP contribution in [0.5, 0.6) is 0 Å². The van der Waals surface area contributed by atoms with E-state index >= 15 is 0 Å². The van der Waals surface area contributed by atoms with E-state index in [1.807, 2.05) is 24.1 Å². The molecule has 0 bridgehead atoms. The van der Waals surface area contributed by atoms with Gasteiger partial charge < -0.3 is 20.4 Å². The van der Waals surface area contributed by atoms with Gasteiger partial charge in [0, 0.05) is 49.8 Å². The van der Waals surface area contributed by atoms with Crippen molar-refractivity contribution in [2.45, 2.75) is 25.9 Å². The van der Waals surface area contributed by atoms with E-state index in [9.17, 15) is 4.79 Å². The summed E-state index contributed by atoms with van der Waals surface area (Å²) >= 11 is 12.7. The Bertz CT molecular complexity index is 1230. The van der Waals surface area contributed by atoms with Gasteiger partial charge in [-0.1, -0.05) is 29.3 Å². The van der Waals surface area contributed by atoms with E-state index in [4.69, 9.17) is 23.2 Å². The van der Waals surface area contributed by atoms with Crippen molar-refractivity contribution in [1.82, 2.24) is 15.3 Å². The molecule has 1 aromatic heterocycles. The number of amides is 1. The average Bonchev–Trinajstić information content (AvgIpc) is 2.84. The number of anilines is 5. The minimum absolute atomic E-state index is 0.247. The number of nitrogens with zero attached hydrogens (tertiary/aromatic N) is 5. The summed E-state index contributed by atoms with van der Waals surface area (Å²) in [6.07, 6.45) is 1.54. The van der Waals surface area contributed by atoms with E-state index in [0.29, 0.717) is 45.1 Å². The van der Waals surface area contributed by atoms with Crippen LogP contribution >= 0.6 is 23.2 Å². The highest BCUT2D eigenvalue weighted by Gasteiger charge is 2.32. The van der Waals surface area contributed by atoms with Gasteiger partial charge in [0.25, 0.3) is 5.91 Å². The van der Waals surface area contributed by atoms with Gasteiger partial charge in [-0.2, -0.15) is 4.98 Å². The minimum atomic E-state index is -0.247. The molecule has 5 rings (SSSR count). The maximum absolute atomic E-state index is 13.2. The lowest BCUT2D eigenvalue weighted by Gasteiger charge is -2.39. The normalized spacial score (nSPS) is 20.1. The summed E-state index contributed by atoms with van der Waals surface area (Å²) in [6.45, 7) is 6.63. The van der Waals surface area contributed by atoms with Crippen molar-refractivity contribution in [2.75, 3.05) is 46.8 Å². The number of para-hydroxylation sites is 1. The Morgan fingerprint density at radius 1 is 1.09 bits per heavy atom. The zero-order chi connectivity index (χ0) is 24.7. The zero-order valence-corrected chi connectivity index (χ0v) is 21.3. The van der Waals surface area contributed by atoms with Crippen molar-refractivity contribution in [3.05, 3.63) is 64.3 Å². The van der Waals surface area contributed by atoms with Gasteiger partial charge >= 0.3 is 0 Å². The maximum atomic E-state index is 13.2. The Morgan fingerprint density at radius 2 is 1.80 bits per heavy atom. The van der Waals surface area contributed by atoms with E-state index in [2.05, 4.69) is 51.5 Å². The molecule has 0 radical (unpaired) electrons. The van der Waals surface area contributed by atoms with Crippen molar-refractivity contribution in [2.24, 2.45) is 0 Å². The number of benzene rings is 2. The molecular formula is C25H27Cl2N7O. The molecule has 1 saturated heterocycles. The van der Waals surface area contributed by atoms with Crippen LogP contribution in [0.15, 0.2) is 48.7 Å². The number of fused-ring (bicyclic) bond motifs is 1. The first-order valence-corrected chi connectivity index (χ1v) is 12.3. The highest BCUT2D eigenvalue weighted by Crippen LogP contribution is 2.37. The van der Waals surface area contributed by atoms with Crippen molar-refractivity contribution in [3.8, 4) is 0 Å². The standard InChI is InChI=1S/C25H27Cl2N7O/c1-15-13-33(16(2)11-28-15)18-9-7-17(8-10-18)30-25-29-12-19-23(31-25)32(3)14-34(24(19)35)22-20(26)5-4-6-21(22)27/h4-10,12,15-16,28H,11,13-14H2,1-3H3,(H,29,30,31)/t15-,16+/m0/s1. The summed E-state index contributed by atoms with van der Waals surface area (Å²) in [7, 11) is 1.87. The van der Waals surface area contributed by atoms with Crippen LogP contribution in [0.2, 0.25) is 10.0 Å². The molecule has 3 aromatic rings. The Hall–Kier alpha value is -3.07. The topological polar surface area (TPSA) is 76.6 Å². The Labute approximate surface area is 214 Å². The SMILES string of the molecule is C[C@@H]1CN[C@@H](C)CN1c1ccc(Nc2ncc3c(n2)N(C)CN(c2c(Cl)cccc2Cl)C3=O)cc1. The molecule has 2 aliphatic heterocycles. The van der Waals surface area contributed by atoms with Crippen LogP contribution in [0.3, 0.4) is 0 Å². The molecule has 1 fully saturated rings. The quantitative estimate of drug-likeness (QED) is 0.522. The van der Waals surface area contributed by atoms with Crippen LogP contribution in [0.1, 0.15) is 24.2 Å².